The number of ether oxygens (including phenoxy) is 1. The molecule has 0 spiro atoms. The SMILES string of the molecule is COC(=O)N1CCN(Cc2nc3c(cnn3C)c(=O)[nH]2)CC1. The Morgan fingerprint density at radius 2 is 2.09 bits per heavy atom. The van der Waals surface area contributed by atoms with Crippen LogP contribution in [0.5, 0.6) is 0 Å². The average molecular weight is 306 g/mol. The molecule has 9 heteroatoms. The van der Waals surface area contributed by atoms with E-state index in [1.54, 1.807) is 16.6 Å². The lowest BCUT2D eigenvalue weighted by molar-refractivity contribution is 0.0881. The van der Waals surface area contributed by atoms with Crippen molar-refractivity contribution in [2.75, 3.05) is 33.3 Å². The van der Waals surface area contributed by atoms with E-state index in [4.69, 9.17) is 4.74 Å². The summed E-state index contributed by atoms with van der Waals surface area (Å²) in [6.07, 6.45) is 1.21. The van der Waals surface area contributed by atoms with Gasteiger partial charge in [-0.25, -0.2) is 9.78 Å². The molecule has 1 saturated heterocycles. The van der Waals surface area contributed by atoms with E-state index in [9.17, 15) is 9.59 Å². The van der Waals surface area contributed by atoms with E-state index in [1.807, 2.05) is 0 Å². The van der Waals surface area contributed by atoms with Gasteiger partial charge < -0.3 is 14.6 Å². The molecule has 3 rings (SSSR count). The maximum Gasteiger partial charge on any atom is 0.409 e. The number of methoxy groups -OCH3 is 1. The molecule has 2 aromatic rings. The molecule has 9 nitrogen and oxygen atoms in total. The van der Waals surface area contributed by atoms with Crippen LogP contribution in [0.2, 0.25) is 0 Å². The number of aryl methyl sites for hydroxylation is 1. The molecule has 0 aromatic carbocycles. The summed E-state index contributed by atoms with van der Waals surface area (Å²) in [6, 6.07) is 0. The Balaban J connectivity index is 1.71. The number of H-pyrrole nitrogens is 1. The van der Waals surface area contributed by atoms with Gasteiger partial charge in [-0.2, -0.15) is 5.10 Å². The van der Waals surface area contributed by atoms with Crippen LogP contribution < -0.4 is 5.56 Å². The van der Waals surface area contributed by atoms with E-state index in [0.29, 0.717) is 49.6 Å². The normalized spacial score (nSPS) is 16.2. The predicted molar refractivity (Wildman–Crippen MR) is 78.4 cm³/mol. The van der Waals surface area contributed by atoms with Crippen molar-refractivity contribution in [3.05, 3.63) is 22.4 Å². The lowest BCUT2D eigenvalue weighted by atomic mass is 10.3. The molecule has 1 fully saturated rings. The molecule has 0 aliphatic carbocycles. The summed E-state index contributed by atoms with van der Waals surface area (Å²) in [5, 5.41) is 4.53. The molecule has 0 saturated carbocycles. The van der Waals surface area contributed by atoms with E-state index < -0.39 is 0 Å². The second kappa shape index (κ2) is 5.76. The molecule has 2 aromatic heterocycles. The van der Waals surface area contributed by atoms with Crippen LogP contribution in [0, 0.1) is 0 Å². The van der Waals surface area contributed by atoms with E-state index in [2.05, 4.69) is 20.0 Å². The van der Waals surface area contributed by atoms with E-state index in [-0.39, 0.29) is 11.7 Å². The van der Waals surface area contributed by atoms with Crippen molar-refractivity contribution in [1.29, 1.82) is 0 Å². The van der Waals surface area contributed by atoms with Crippen molar-refractivity contribution in [2.24, 2.45) is 7.05 Å². The molecule has 0 bridgehead atoms. The number of nitrogens with one attached hydrogen (secondary N) is 1. The number of fused-ring (bicyclic) bond motifs is 1. The Hall–Kier alpha value is -2.42. The van der Waals surface area contributed by atoms with Gasteiger partial charge in [0.05, 0.1) is 19.9 Å². The summed E-state index contributed by atoms with van der Waals surface area (Å²) in [6.45, 7) is 3.16. The highest BCUT2D eigenvalue weighted by Crippen LogP contribution is 2.09. The topological polar surface area (TPSA) is 96.3 Å². The summed E-state index contributed by atoms with van der Waals surface area (Å²) in [5.41, 5.74) is 0.397. The van der Waals surface area contributed by atoms with Crippen molar-refractivity contribution in [1.82, 2.24) is 29.5 Å². The standard InChI is InChI=1S/C13H18N6O3/c1-17-11-9(7-14-17)12(20)16-10(15-11)8-18-3-5-19(6-4-18)13(21)22-2/h7H,3-6,8H2,1-2H3,(H,15,16,20). The number of aromatic nitrogens is 4. The number of piperazine rings is 1. The van der Waals surface area contributed by atoms with E-state index in [0.717, 1.165) is 0 Å². The fourth-order valence-electron chi connectivity index (χ4n) is 2.58. The lowest BCUT2D eigenvalue weighted by Crippen LogP contribution is -2.48. The Morgan fingerprint density at radius 1 is 1.36 bits per heavy atom. The van der Waals surface area contributed by atoms with E-state index >= 15 is 0 Å². The van der Waals surface area contributed by atoms with Crippen LogP contribution in [0.3, 0.4) is 0 Å². The fraction of sp³-hybridized carbons (Fsp3) is 0.538. The van der Waals surface area contributed by atoms with Gasteiger partial charge in [0.1, 0.15) is 11.2 Å². The molecule has 3 heterocycles. The van der Waals surface area contributed by atoms with Gasteiger partial charge in [-0.3, -0.25) is 14.4 Å². The van der Waals surface area contributed by atoms with Crippen LogP contribution >= 0.6 is 0 Å². The zero-order valence-corrected chi connectivity index (χ0v) is 12.6. The monoisotopic (exact) mass is 306 g/mol. The summed E-state index contributed by atoms with van der Waals surface area (Å²) in [4.78, 5) is 34.5. The molecule has 0 atom stereocenters. The van der Waals surface area contributed by atoms with E-state index in [1.165, 1.54) is 13.3 Å². The molecule has 0 unspecified atom stereocenters. The molecule has 0 radical (unpaired) electrons. The van der Waals surface area contributed by atoms with Gasteiger partial charge in [0, 0.05) is 33.2 Å². The first-order chi connectivity index (χ1) is 10.6. The van der Waals surface area contributed by atoms with Crippen LogP contribution in [-0.2, 0) is 18.3 Å². The van der Waals surface area contributed by atoms with Gasteiger partial charge in [-0.1, -0.05) is 0 Å². The predicted octanol–water partition coefficient (Wildman–Crippen LogP) is -0.459. The van der Waals surface area contributed by atoms with Gasteiger partial charge >= 0.3 is 6.09 Å². The largest absolute Gasteiger partial charge is 0.453 e. The third kappa shape index (κ3) is 2.67. The highest BCUT2D eigenvalue weighted by atomic mass is 16.5. The Labute approximate surface area is 126 Å². The highest BCUT2D eigenvalue weighted by molar-refractivity contribution is 5.72. The lowest BCUT2D eigenvalue weighted by Gasteiger charge is -2.33. The summed E-state index contributed by atoms with van der Waals surface area (Å²) in [7, 11) is 3.14. The molecule has 1 aliphatic rings. The summed E-state index contributed by atoms with van der Waals surface area (Å²) in [5.74, 6) is 0.604. The minimum Gasteiger partial charge on any atom is -0.453 e. The molecule has 22 heavy (non-hydrogen) atoms. The first-order valence-electron chi connectivity index (χ1n) is 7.04. The van der Waals surface area contributed by atoms with Crippen LogP contribution in [0.15, 0.2) is 11.0 Å². The van der Waals surface area contributed by atoms with Crippen LogP contribution in [-0.4, -0.2) is 68.9 Å². The molecule has 1 aliphatic heterocycles. The Bertz CT molecular complexity index is 744. The van der Waals surface area contributed by atoms with Crippen LogP contribution in [0.4, 0.5) is 4.79 Å². The first kappa shape index (κ1) is 14.5. The maximum absolute atomic E-state index is 12.0. The number of carbonyl (C=O) groups is 1. The van der Waals surface area contributed by atoms with Crippen molar-refractivity contribution >= 4 is 17.1 Å². The minimum absolute atomic E-state index is 0.179. The maximum atomic E-state index is 12.0. The number of hydrogen-bond donors (Lipinski definition) is 1. The van der Waals surface area contributed by atoms with Gasteiger partial charge in [-0.05, 0) is 0 Å². The number of rotatable bonds is 2. The number of aromatic amines is 1. The van der Waals surface area contributed by atoms with Crippen molar-refractivity contribution in [2.45, 2.75) is 6.54 Å². The average Bonchev–Trinajstić information content (AvgIpc) is 2.89. The third-order valence-corrected chi connectivity index (χ3v) is 3.83. The molecule has 118 valence electrons. The molecule has 1 amide bonds. The van der Waals surface area contributed by atoms with Crippen LogP contribution in [0.1, 0.15) is 5.82 Å². The zero-order chi connectivity index (χ0) is 15.7. The third-order valence-electron chi connectivity index (χ3n) is 3.83. The van der Waals surface area contributed by atoms with Gasteiger partial charge in [-0.15, -0.1) is 0 Å². The van der Waals surface area contributed by atoms with Crippen molar-refractivity contribution in [3.8, 4) is 0 Å². The Kier molecular flexibility index (Phi) is 3.80. The second-order valence-electron chi connectivity index (χ2n) is 5.25. The number of nitrogens with zero attached hydrogens (tertiary/aromatic N) is 5. The smallest absolute Gasteiger partial charge is 0.409 e. The molecule has 1 N–H and O–H groups in total. The molecular weight excluding hydrogens is 288 g/mol. The summed E-state index contributed by atoms with van der Waals surface area (Å²) >= 11 is 0. The van der Waals surface area contributed by atoms with Gasteiger partial charge in [0.2, 0.25) is 0 Å². The Morgan fingerprint density at radius 3 is 2.77 bits per heavy atom. The van der Waals surface area contributed by atoms with Crippen molar-refractivity contribution in [3.63, 3.8) is 0 Å². The van der Waals surface area contributed by atoms with Crippen molar-refractivity contribution < 1.29 is 9.53 Å². The quantitative estimate of drug-likeness (QED) is 0.806. The van der Waals surface area contributed by atoms with Gasteiger partial charge in [0.15, 0.2) is 5.65 Å². The number of carbonyl (C=O) groups excluding carboxylic acids is 1. The highest BCUT2D eigenvalue weighted by Gasteiger charge is 2.22. The van der Waals surface area contributed by atoms with Gasteiger partial charge in [0.25, 0.3) is 5.56 Å². The minimum atomic E-state index is -0.303. The fourth-order valence-corrected chi connectivity index (χ4v) is 2.58. The van der Waals surface area contributed by atoms with Crippen LogP contribution in [0.25, 0.3) is 11.0 Å². The molecular formula is C13H18N6O3. The summed E-state index contributed by atoms with van der Waals surface area (Å²) < 4.78 is 6.30. The number of amides is 1. The number of hydrogen-bond acceptors (Lipinski definition) is 6. The zero-order valence-electron chi connectivity index (χ0n) is 12.6. The first-order valence-corrected chi connectivity index (χ1v) is 7.04. The second-order valence-corrected chi connectivity index (χ2v) is 5.25.